The third kappa shape index (κ3) is 2.44. The van der Waals surface area contributed by atoms with Crippen LogP contribution in [0.5, 0.6) is 0 Å². The fourth-order valence-electron chi connectivity index (χ4n) is 2.66. The van der Waals surface area contributed by atoms with Gasteiger partial charge in [-0.05, 0) is 49.8 Å². The van der Waals surface area contributed by atoms with Gasteiger partial charge in [-0.15, -0.1) is 0 Å². The summed E-state index contributed by atoms with van der Waals surface area (Å²) in [5, 5.41) is 3.43. The average molecular weight is 269 g/mol. The summed E-state index contributed by atoms with van der Waals surface area (Å²) >= 11 is 0. The summed E-state index contributed by atoms with van der Waals surface area (Å²) in [4.78, 5) is 8.48. The Morgan fingerprint density at radius 2 is 2.05 bits per heavy atom. The monoisotopic (exact) mass is 269 g/mol. The van der Waals surface area contributed by atoms with Crippen LogP contribution in [0, 0.1) is 6.92 Å². The van der Waals surface area contributed by atoms with Gasteiger partial charge in [0, 0.05) is 17.4 Å². The Morgan fingerprint density at radius 3 is 2.90 bits per heavy atom. The van der Waals surface area contributed by atoms with Gasteiger partial charge in [0.15, 0.2) is 0 Å². The Labute approximate surface area is 118 Å². The van der Waals surface area contributed by atoms with Crippen molar-refractivity contribution in [3.05, 3.63) is 41.1 Å². The summed E-state index contributed by atoms with van der Waals surface area (Å²) in [5.41, 5.74) is 7.49. The minimum absolute atomic E-state index is 0.419. The van der Waals surface area contributed by atoms with Crippen LogP contribution >= 0.6 is 0 Å². The molecule has 104 valence electrons. The molecule has 5 nitrogen and oxygen atoms in total. The van der Waals surface area contributed by atoms with E-state index in [1.54, 1.807) is 6.20 Å². The maximum atomic E-state index is 5.37. The number of rotatable bonds is 3. The summed E-state index contributed by atoms with van der Waals surface area (Å²) in [6.07, 6.45) is 6.60. The van der Waals surface area contributed by atoms with Gasteiger partial charge in [-0.1, -0.05) is 12.1 Å². The van der Waals surface area contributed by atoms with E-state index in [4.69, 9.17) is 5.84 Å². The zero-order valence-electron chi connectivity index (χ0n) is 11.6. The summed E-state index contributed by atoms with van der Waals surface area (Å²) in [5.74, 6) is 6.59. The third-order valence-corrected chi connectivity index (χ3v) is 3.75. The lowest BCUT2D eigenvalue weighted by Gasteiger charge is -2.20. The SMILES string of the molecule is Cc1cnc(NN)nc1Nc1cccc2c1CCCC2. The minimum atomic E-state index is 0.419. The number of hydrogen-bond donors (Lipinski definition) is 3. The highest BCUT2D eigenvalue weighted by Gasteiger charge is 2.14. The molecular weight excluding hydrogens is 250 g/mol. The number of aryl methyl sites for hydroxylation is 2. The molecule has 20 heavy (non-hydrogen) atoms. The second-order valence-corrected chi connectivity index (χ2v) is 5.14. The molecule has 2 aromatic rings. The van der Waals surface area contributed by atoms with Crippen LogP contribution in [0.25, 0.3) is 0 Å². The van der Waals surface area contributed by atoms with Crippen molar-refractivity contribution < 1.29 is 0 Å². The molecule has 0 saturated carbocycles. The number of nitrogens with two attached hydrogens (primary N) is 1. The van der Waals surface area contributed by atoms with Gasteiger partial charge in [-0.3, -0.25) is 5.43 Å². The summed E-state index contributed by atoms with van der Waals surface area (Å²) in [7, 11) is 0. The van der Waals surface area contributed by atoms with Gasteiger partial charge in [0.1, 0.15) is 5.82 Å². The first-order chi connectivity index (χ1) is 9.78. The van der Waals surface area contributed by atoms with E-state index in [2.05, 4.69) is 38.9 Å². The molecule has 1 aliphatic rings. The molecule has 0 bridgehead atoms. The number of hydrazine groups is 1. The second-order valence-electron chi connectivity index (χ2n) is 5.14. The van der Waals surface area contributed by atoms with Gasteiger partial charge in [0.2, 0.25) is 5.95 Å². The number of anilines is 3. The first-order valence-corrected chi connectivity index (χ1v) is 6.96. The van der Waals surface area contributed by atoms with Crippen LogP contribution < -0.4 is 16.6 Å². The van der Waals surface area contributed by atoms with E-state index in [0.29, 0.717) is 5.95 Å². The topological polar surface area (TPSA) is 75.9 Å². The largest absolute Gasteiger partial charge is 0.340 e. The van der Waals surface area contributed by atoms with Crippen molar-refractivity contribution in [2.75, 3.05) is 10.7 Å². The van der Waals surface area contributed by atoms with Crippen molar-refractivity contribution in [3.63, 3.8) is 0 Å². The quantitative estimate of drug-likeness (QED) is 0.590. The molecule has 1 aliphatic carbocycles. The van der Waals surface area contributed by atoms with Crippen LogP contribution in [0.15, 0.2) is 24.4 Å². The van der Waals surface area contributed by atoms with Crippen molar-refractivity contribution in [1.82, 2.24) is 9.97 Å². The highest BCUT2D eigenvalue weighted by molar-refractivity contribution is 5.65. The van der Waals surface area contributed by atoms with Gasteiger partial charge in [0.25, 0.3) is 0 Å². The lowest BCUT2D eigenvalue weighted by molar-refractivity contribution is 0.687. The molecule has 1 aromatic heterocycles. The van der Waals surface area contributed by atoms with Crippen molar-refractivity contribution in [1.29, 1.82) is 0 Å². The molecule has 0 amide bonds. The fraction of sp³-hybridized carbons (Fsp3) is 0.333. The summed E-state index contributed by atoms with van der Waals surface area (Å²) in [6.45, 7) is 1.98. The molecule has 4 N–H and O–H groups in total. The van der Waals surface area contributed by atoms with E-state index >= 15 is 0 Å². The van der Waals surface area contributed by atoms with E-state index in [1.807, 2.05) is 6.92 Å². The molecule has 3 rings (SSSR count). The zero-order chi connectivity index (χ0) is 13.9. The second kappa shape index (κ2) is 5.46. The van der Waals surface area contributed by atoms with Crippen LogP contribution in [0.4, 0.5) is 17.5 Å². The predicted molar refractivity (Wildman–Crippen MR) is 80.9 cm³/mol. The average Bonchev–Trinajstić information content (AvgIpc) is 2.50. The number of nitrogen functional groups attached to an aromatic ring is 1. The van der Waals surface area contributed by atoms with Crippen molar-refractivity contribution in [3.8, 4) is 0 Å². The molecule has 0 aliphatic heterocycles. The maximum absolute atomic E-state index is 5.37. The summed E-state index contributed by atoms with van der Waals surface area (Å²) < 4.78 is 0. The maximum Gasteiger partial charge on any atom is 0.239 e. The Morgan fingerprint density at radius 1 is 1.20 bits per heavy atom. The van der Waals surface area contributed by atoms with E-state index in [0.717, 1.165) is 23.5 Å². The molecule has 5 heteroatoms. The molecule has 1 aromatic carbocycles. The smallest absolute Gasteiger partial charge is 0.239 e. The third-order valence-electron chi connectivity index (χ3n) is 3.75. The number of hydrogen-bond acceptors (Lipinski definition) is 5. The highest BCUT2D eigenvalue weighted by Crippen LogP contribution is 2.30. The van der Waals surface area contributed by atoms with Crippen LogP contribution in [-0.4, -0.2) is 9.97 Å². The Balaban J connectivity index is 1.95. The molecule has 0 spiro atoms. The van der Waals surface area contributed by atoms with Crippen molar-refractivity contribution in [2.45, 2.75) is 32.6 Å². The predicted octanol–water partition coefficient (Wildman–Crippen LogP) is 2.69. The Bertz CT molecular complexity index is 624. The van der Waals surface area contributed by atoms with Crippen LogP contribution in [0.3, 0.4) is 0 Å². The van der Waals surface area contributed by atoms with Gasteiger partial charge in [0.05, 0.1) is 0 Å². The number of nitrogens with zero attached hydrogens (tertiary/aromatic N) is 2. The molecular formula is C15H19N5. The summed E-state index contributed by atoms with van der Waals surface area (Å²) in [6, 6.07) is 6.44. The number of nitrogens with one attached hydrogen (secondary N) is 2. The zero-order valence-corrected chi connectivity index (χ0v) is 11.6. The molecule has 0 fully saturated rings. The van der Waals surface area contributed by atoms with E-state index in [-0.39, 0.29) is 0 Å². The number of benzene rings is 1. The normalized spacial score (nSPS) is 13.7. The Hall–Kier alpha value is -2.14. The minimum Gasteiger partial charge on any atom is -0.340 e. The number of fused-ring (bicyclic) bond motifs is 1. The van der Waals surface area contributed by atoms with Gasteiger partial charge in [-0.2, -0.15) is 4.98 Å². The Kier molecular flexibility index (Phi) is 3.52. The van der Waals surface area contributed by atoms with E-state index in [9.17, 15) is 0 Å². The van der Waals surface area contributed by atoms with Crippen molar-refractivity contribution in [2.24, 2.45) is 5.84 Å². The number of aromatic nitrogens is 2. The molecule has 0 saturated heterocycles. The van der Waals surface area contributed by atoms with Gasteiger partial charge < -0.3 is 5.32 Å². The van der Waals surface area contributed by atoms with Crippen LogP contribution in [0.2, 0.25) is 0 Å². The fourth-order valence-corrected chi connectivity index (χ4v) is 2.66. The van der Waals surface area contributed by atoms with Crippen LogP contribution in [0.1, 0.15) is 29.5 Å². The van der Waals surface area contributed by atoms with E-state index in [1.165, 1.54) is 30.4 Å². The first kappa shape index (κ1) is 12.9. The van der Waals surface area contributed by atoms with E-state index < -0.39 is 0 Å². The van der Waals surface area contributed by atoms with Crippen LogP contribution in [-0.2, 0) is 12.8 Å². The molecule has 0 radical (unpaired) electrons. The molecule has 0 unspecified atom stereocenters. The van der Waals surface area contributed by atoms with Gasteiger partial charge >= 0.3 is 0 Å². The lowest BCUT2D eigenvalue weighted by Crippen LogP contribution is -2.12. The highest BCUT2D eigenvalue weighted by atomic mass is 15.3. The lowest BCUT2D eigenvalue weighted by atomic mass is 9.90. The molecule has 0 atom stereocenters. The first-order valence-electron chi connectivity index (χ1n) is 6.96. The standard InChI is InChI=1S/C15H19N5/c1-10-9-17-15(20-16)19-14(10)18-13-8-4-6-11-5-2-3-7-12(11)13/h4,6,8-9H,2-3,5,7,16H2,1H3,(H2,17,18,19,20). The van der Waals surface area contributed by atoms with Gasteiger partial charge in [-0.25, -0.2) is 10.8 Å². The van der Waals surface area contributed by atoms with Crippen molar-refractivity contribution >= 4 is 17.5 Å². The molecule has 1 heterocycles.